The van der Waals surface area contributed by atoms with E-state index in [0.717, 1.165) is 12.3 Å². The van der Waals surface area contributed by atoms with Crippen molar-refractivity contribution < 1.29 is 4.42 Å². The Kier molecular flexibility index (Phi) is 5.42. The van der Waals surface area contributed by atoms with Crippen molar-refractivity contribution in [3.63, 3.8) is 0 Å². The van der Waals surface area contributed by atoms with E-state index in [-0.39, 0.29) is 0 Å². The van der Waals surface area contributed by atoms with Gasteiger partial charge >= 0.3 is 0 Å². The van der Waals surface area contributed by atoms with Crippen molar-refractivity contribution in [1.29, 1.82) is 0 Å². The van der Waals surface area contributed by atoms with Crippen molar-refractivity contribution in [2.75, 3.05) is 0 Å². The second-order valence-corrected chi connectivity index (χ2v) is 5.59. The van der Waals surface area contributed by atoms with Crippen molar-refractivity contribution in [1.82, 2.24) is 5.32 Å². The number of nitrogens with one attached hydrogen (secondary N) is 1. The summed E-state index contributed by atoms with van der Waals surface area (Å²) in [4.78, 5) is 0. The fourth-order valence-corrected chi connectivity index (χ4v) is 2.26. The lowest BCUT2D eigenvalue weighted by Crippen LogP contribution is -2.21. The summed E-state index contributed by atoms with van der Waals surface area (Å²) in [6.07, 6.45) is 5.45. The van der Waals surface area contributed by atoms with Gasteiger partial charge in [0.15, 0.2) is 0 Å². The zero-order valence-corrected chi connectivity index (χ0v) is 12.8. The molecule has 20 heavy (non-hydrogen) atoms. The van der Waals surface area contributed by atoms with Crippen LogP contribution in [0.25, 0.3) is 11.1 Å². The van der Waals surface area contributed by atoms with Crippen molar-refractivity contribution in [2.45, 2.75) is 52.6 Å². The summed E-state index contributed by atoms with van der Waals surface area (Å²) in [5, 5.41) is 3.40. The van der Waals surface area contributed by atoms with E-state index in [1.54, 1.807) is 6.26 Å². The molecule has 0 aliphatic rings. The van der Waals surface area contributed by atoms with Crippen LogP contribution in [0.4, 0.5) is 0 Å². The molecule has 2 heteroatoms. The highest BCUT2D eigenvalue weighted by Crippen LogP contribution is 2.25. The quantitative estimate of drug-likeness (QED) is 0.783. The Labute approximate surface area is 122 Å². The second-order valence-electron chi connectivity index (χ2n) is 5.59. The molecule has 0 aliphatic heterocycles. The van der Waals surface area contributed by atoms with Gasteiger partial charge in [0.05, 0.1) is 12.8 Å². The van der Waals surface area contributed by atoms with Crippen LogP contribution in [-0.2, 0) is 13.0 Å². The van der Waals surface area contributed by atoms with Crippen molar-refractivity contribution in [3.8, 4) is 11.1 Å². The highest BCUT2D eigenvalue weighted by molar-refractivity contribution is 5.65. The summed E-state index contributed by atoms with van der Waals surface area (Å²) in [7, 11) is 0. The van der Waals surface area contributed by atoms with Gasteiger partial charge in [0.2, 0.25) is 0 Å². The molecule has 0 atom stereocenters. The first-order valence-electron chi connectivity index (χ1n) is 7.59. The maximum absolute atomic E-state index is 5.60. The lowest BCUT2D eigenvalue weighted by Gasteiger charge is -2.08. The fraction of sp³-hybridized carbons (Fsp3) is 0.444. The molecule has 1 heterocycles. The molecular formula is C18H25NO. The molecule has 0 spiro atoms. The van der Waals surface area contributed by atoms with E-state index < -0.39 is 0 Å². The molecule has 1 N–H and O–H groups in total. The first kappa shape index (κ1) is 14.9. The molecule has 0 radical (unpaired) electrons. The number of unbranched alkanes of at least 4 members (excludes halogenated alkanes) is 1. The summed E-state index contributed by atoms with van der Waals surface area (Å²) >= 11 is 0. The van der Waals surface area contributed by atoms with E-state index >= 15 is 0 Å². The first-order chi connectivity index (χ1) is 9.70. The van der Waals surface area contributed by atoms with E-state index in [9.17, 15) is 0 Å². The van der Waals surface area contributed by atoms with Crippen LogP contribution in [0.2, 0.25) is 0 Å². The molecule has 0 unspecified atom stereocenters. The summed E-state index contributed by atoms with van der Waals surface area (Å²) in [5.74, 6) is 1.01. The molecule has 1 aromatic heterocycles. The molecule has 0 aliphatic carbocycles. The number of benzene rings is 1. The summed E-state index contributed by atoms with van der Waals surface area (Å²) < 4.78 is 5.60. The normalized spacial score (nSPS) is 11.2. The monoisotopic (exact) mass is 271 g/mol. The van der Waals surface area contributed by atoms with Crippen LogP contribution in [0.3, 0.4) is 0 Å². The number of rotatable bonds is 7. The molecule has 0 fully saturated rings. The largest absolute Gasteiger partial charge is 0.467 e. The minimum atomic E-state index is 0.462. The molecular weight excluding hydrogens is 246 g/mol. The van der Waals surface area contributed by atoms with Gasteiger partial charge in [-0.05, 0) is 30.0 Å². The zero-order chi connectivity index (χ0) is 14.4. The SMILES string of the molecule is CCCCc1ccc(-c2ccoc2CNC(C)C)cc1. The summed E-state index contributed by atoms with van der Waals surface area (Å²) in [6.45, 7) is 7.29. The van der Waals surface area contributed by atoms with Gasteiger partial charge in [-0.1, -0.05) is 51.5 Å². The third kappa shape index (κ3) is 3.97. The van der Waals surface area contributed by atoms with Gasteiger partial charge < -0.3 is 9.73 Å². The van der Waals surface area contributed by atoms with Crippen molar-refractivity contribution in [3.05, 3.63) is 47.9 Å². The number of furan rings is 1. The summed E-state index contributed by atoms with van der Waals surface area (Å²) in [6, 6.07) is 11.4. The molecule has 108 valence electrons. The Hall–Kier alpha value is -1.54. The van der Waals surface area contributed by atoms with Gasteiger partial charge in [-0.25, -0.2) is 0 Å². The third-order valence-corrected chi connectivity index (χ3v) is 3.50. The Morgan fingerprint density at radius 3 is 2.50 bits per heavy atom. The standard InChI is InChI=1S/C18H25NO/c1-4-5-6-15-7-9-16(10-8-15)17-11-12-20-18(17)13-19-14(2)3/h7-12,14,19H,4-6,13H2,1-3H3. The fourth-order valence-electron chi connectivity index (χ4n) is 2.26. The maximum Gasteiger partial charge on any atom is 0.125 e. The summed E-state index contributed by atoms with van der Waals surface area (Å²) in [5.41, 5.74) is 3.85. The highest BCUT2D eigenvalue weighted by Gasteiger charge is 2.09. The van der Waals surface area contributed by atoms with E-state index in [4.69, 9.17) is 4.42 Å². The topological polar surface area (TPSA) is 25.2 Å². The van der Waals surface area contributed by atoms with Crippen LogP contribution in [0, 0.1) is 0 Å². The predicted octanol–water partition coefficient (Wildman–Crippen LogP) is 4.79. The first-order valence-corrected chi connectivity index (χ1v) is 7.59. The number of hydrogen-bond donors (Lipinski definition) is 1. The van der Waals surface area contributed by atoms with Gasteiger partial charge in [-0.3, -0.25) is 0 Å². The molecule has 2 aromatic rings. The molecule has 0 amide bonds. The van der Waals surface area contributed by atoms with Gasteiger partial charge in [0.1, 0.15) is 5.76 Å². The molecule has 0 saturated carbocycles. The Morgan fingerprint density at radius 2 is 1.85 bits per heavy atom. The van der Waals surface area contributed by atoms with Gasteiger partial charge in [-0.15, -0.1) is 0 Å². The highest BCUT2D eigenvalue weighted by atomic mass is 16.3. The molecule has 2 rings (SSSR count). The number of aryl methyl sites for hydroxylation is 1. The van der Waals surface area contributed by atoms with Crippen LogP contribution in [0.5, 0.6) is 0 Å². The van der Waals surface area contributed by atoms with E-state index in [1.165, 1.54) is 36.0 Å². The zero-order valence-electron chi connectivity index (χ0n) is 12.8. The van der Waals surface area contributed by atoms with E-state index in [1.807, 2.05) is 0 Å². The van der Waals surface area contributed by atoms with E-state index in [0.29, 0.717) is 6.04 Å². The average Bonchev–Trinajstić information content (AvgIpc) is 2.92. The smallest absolute Gasteiger partial charge is 0.125 e. The third-order valence-electron chi connectivity index (χ3n) is 3.50. The lowest BCUT2D eigenvalue weighted by molar-refractivity contribution is 0.466. The predicted molar refractivity (Wildman–Crippen MR) is 84.7 cm³/mol. The molecule has 2 nitrogen and oxygen atoms in total. The molecule has 1 aromatic carbocycles. The lowest BCUT2D eigenvalue weighted by atomic mass is 10.0. The second kappa shape index (κ2) is 7.30. The van der Waals surface area contributed by atoms with Crippen LogP contribution < -0.4 is 5.32 Å². The van der Waals surface area contributed by atoms with Crippen LogP contribution in [0.1, 0.15) is 44.9 Å². The van der Waals surface area contributed by atoms with Crippen LogP contribution in [-0.4, -0.2) is 6.04 Å². The van der Waals surface area contributed by atoms with Crippen molar-refractivity contribution in [2.24, 2.45) is 0 Å². The van der Waals surface area contributed by atoms with Gasteiger partial charge in [-0.2, -0.15) is 0 Å². The van der Waals surface area contributed by atoms with E-state index in [2.05, 4.69) is 56.4 Å². The number of hydrogen-bond acceptors (Lipinski definition) is 2. The molecule has 0 bridgehead atoms. The Bertz CT molecular complexity index is 510. The average molecular weight is 271 g/mol. The van der Waals surface area contributed by atoms with Crippen molar-refractivity contribution >= 4 is 0 Å². The maximum atomic E-state index is 5.60. The minimum absolute atomic E-state index is 0.462. The molecule has 0 saturated heterocycles. The van der Waals surface area contributed by atoms with Crippen LogP contribution >= 0.6 is 0 Å². The Balaban J connectivity index is 2.09. The minimum Gasteiger partial charge on any atom is -0.467 e. The Morgan fingerprint density at radius 1 is 1.10 bits per heavy atom. The van der Waals surface area contributed by atoms with Crippen LogP contribution in [0.15, 0.2) is 41.0 Å². The van der Waals surface area contributed by atoms with Gasteiger partial charge in [0, 0.05) is 11.6 Å². The van der Waals surface area contributed by atoms with Gasteiger partial charge in [0.25, 0.3) is 0 Å².